The SMILES string of the molecule is C/C(=C\CC(=O)O)c1cc(C)c(C)cc1Br. The van der Waals surface area contributed by atoms with E-state index in [-0.39, 0.29) is 6.42 Å². The quantitative estimate of drug-likeness (QED) is 0.912. The molecule has 0 aliphatic heterocycles. The molecule has 0 atom stereocenters. The van der Waals surface area contributed by atoms with Crippen molar-refractivity contribution in [3.8, 4) is 0 Å². The number of hydrogen-bond acceptors (Lipinski definition) is 1. The summed E-state index contributed by atoms with van der Waals surface area (Å²) < 4.78 is 1.01. The summed E-state index contributed by atoms with van der Waals surface area (Å²) in [4.78, 5) is 10.5. The van der Waals surface area contributed by atoms with Crippen LogP contribution < -0.4 is 0 Å². The van der Waals surface area contributed by atoms with Crippen LogP contribution in [0.25, 0.3) is 5.57 Å². The molecule has 3 heteroatoms. The summed E-state index contributed by atoms with van der Waals surface area (Å²) in [5, 5.41) is 8.62. The molecular weight excluding hydrogens is 268 g/mol. The summed E-state index contributed by atoms with van der Waals surface area (Å²) in [6, 6.07) is 4.13. The monoisotopic (exact) mass is 282 g/mol. The predicted octanol–water partition coefficient (Wildman–Crippen LogP) is 3.94. The molecule has 1 aromatic carbocycles. The highest BCUT2D eigenvalue weighted by Crippen LogP contribution is 2.27. The van der Waals surface area contributed by atoms with Gasteiger partial charge < -0.3 is 5.11 Å². The zero-order valence-corrected chi connectivity index (χ0v) is 11.3. The van der Waals surface area contributed by atoms with Gasteiger partial charge in [0.15, 0.2) is 0 Å². The lowest BCUT2D eigenvalue weighted by Crippen LogP contribution is -1.93. The highest BCUT2D eigenvalue weighted by Gasteiger charge is 2.05. The predicted molar refractivity (Wildman–Crippen MR) is 69.5 cm³/mol. The third kappa shape index (κ3) is 3.20. The molecular formula is C13H15BrO2. The van der Waals surface area contributed by atoms with Gasteiger partial charge in [0.1, 0.15) is 0 Å². The topological polar surface area (TPSA) is 37.3 Å². The Morgan fingerprint density at radius 2 is 1.94 bits per heavy atom. The van der Waals surface area contributed by atoms with E-state index < -0.39 is 5.97 Å². The smallest absolute Gasteiger partial charge is 0.307 e. The van der Waals surface area contributed by atoms with E-state index in [0.29, 0.717) is 0 Å². The zero-order valence-electron chi connectivity index (χ0n) is 9.67. The number of aliphatic carboxylic acids is 1. The van der Waals surface area contributed by atoms with Gasteiger partial charge in [-0.2, -0.15) is 0 Å². The lowest BCUT2D eigenvalue weighted by Gasteiger charge is -2.09. The average Bonchev–Trinajstić information content (AvgIpc) is 2.20. The molecule has 0 saturated carbocycles. The minimum atomic E-state index is -0.806. The number of carbonyl (C=O) groups is 1. The minimum Gasteiger partial charge on any atom is -0.481 e. The fraction of sp³-hybridized carbons (Fsp3) is 0.308. The van der Waals surface area contributed by atoms with E-state index in [4.69, 9.17) is 5.11 Å². The van der Waals surface area contributed by atoms with E-state index in [1.807, 2.05) is 6.92 Å². The number of aryl methyl sites for hydroxylation is 2. The van der Waals surface area contributed by atoms with Gasteiger partial charge in [0.2, 0.25) is 0 Å². The van der Waals surface area contributed by atoms with Crippen LogP contribution >= 0.6 is 15.9 Å². The molecule has 0 aromatic heterocycles. The largest absolute Gasteiger partial charge is 0.481 e. The summed E-state index contributed by atoms with van der Waals surface area (Å²) in [6.07, 6.45) is 1.79. The first-order chi connectivity index (χ1) is 7.41. The van der Waals surface area contributed by atoms with Gasteiger partial charge in [0, 0.05) is 4.47 Å². The van der Waals surface area contributed by atoms with Crippen LogP contribution in [0.1, 0.15) is 30.0 Å². The van der Waals surface area contributed by atoms with Gasteiger partial charge >= 0.3 is 5.97 Å². The maximum atomic E-state index is 10.5. The van der Waals surface area contributed by atoms with Crippen LogP contribution in [0.5, 0.6) is 0 Å². The van der Waals surface area contributed by atoms with Crippen molar-refractivity contribution < 1.29 is 9.90 Å². The number of carboxylic acid groups (broad SMARTS) is 1. The molecule has 1 N–H and O–H groups in total. The first-order valence-corrected chi connectivity index (χ1v) is 5.86. The van der Waals surface area contributed by atoms with E-state index >= 15 is 0 Å². The van der Waals surface area contributed by atoms with Crippen molar-refractivity contribution in [1.82, 2.24) is 0 Å². The second-order valence-electron chi connectivity index (χ2n) is 3.90. The van der Waals surface area contributed by atoms with Gasteiger partial charge in [-0.05, 0) is 49.1 Å². The lowest BCUT2D eigenvalue weighted by atomic mass is 10.0. The molecule has 0 bridgehead atoms. The second kappa shape index (κ2) is 5.30. The first-order valence-electron chi connectivity index (χ1n) is 5.07. The van der Waals surface area contributed by atoms with Crippen molar-refractivity contribution in [2.24, 2.45) is 0 Å². The summed E-state index contributed by atoms with van der Waals surface area (Å²) in [7, 11) is 0. The number of allylic oxidation sites excluding steroid dienone is 1. The second-order valence-corrected chi connectivity index (χ2v) is 4.76. The van der Waals surface area contributed by atoms with Crippen LogP contribution in [0.15, 0.2) is 22.7 Å². The number of hydrogen-bond donors (Lipinski definition) is 1. The van der Waals surface area contributed by atoms with Crippen molar-refractivity contribution in [3.63, 3.8) is 0 Å². The zero-order chi connectivity index (χ0) is 12.3. The summed E-state index contributed by atoms with van der Waals surface area (Å²) >= 11 is 3.50. The van der Waals surface area contributed by atoms with Crippen molar-refractivity contribution in [3.05, 3.63) is 39.4 Å². The molecule has 0 spiro atoms. The fourth-order valence-electron chi connectivity index (χ4n) is 1.43. The lowest BCUT2D eigenvalue weighted by molar-refractivity contribution is -0.135. The molecule has 0 aliphatic rings. The Balaban J connectivity index is 3.08. The molecule has 86 valence electrons. The maximum absolute atomic E-state index is 10.5. The van der Waals surface area contributed by atoms with Crippen molar-refractivity contribution in [2.75, 3.05) is 0 Å². The van der Waals surface area contributed by atoms with Gasteiger partial charge in [-0.1, -0.05) is 28.1 Å². The molecule has 0 radical (unpaired) electrons. The van der Waals surface area contributed by atoms with E-state index in [0.717, 1.165) is 15.6 Å². The summed E-state index contributed by atoms with van der Waals surface area (Å²) in [5.41, 5.74) is 4.48. The summed E-state index contributed by atoms with van der Waals surface area (Å²) in [6.45, 7) is 6.04. The highest BCUT2D eigenvalue weighted by atomic mass is 79.9. The van der Waals surface area contributed by atoms with E-state index in [2.05, 4.69) is 41.9 Å². The van der Waals surface area contributed by atoms with Crippen LogP contribution in [0, 0.1) is 13.8 Å². The Morgan fingerprint density at radius 1 is 1.38 bits per heavy atom. The molecule has 0 amide bonds. The molecule has 0 heterocycles. The molecule has 2 nitrogen and oxygen atoms in total. The number of benzene rings is 1. The van der Waals surface area contributed by atoms with Crippen LogP contribution in [0.2, 0.25) is 0 Å². The third-order valence-corrected chi connectivity index (χ3v) is 3.25. The van der Waals surface area contributed by atoms with Gasteiger partial charge in [0.05, 0.1) is 6.42 Å². The molecule has 1 aromatic rings. The van der Waals surface area contributed by atoms with Crippen molar-refractivity contribution in [2.45, 2.75) is 27.2 Å². The number of carboxylic acids is 1. The Morgan fingerprint density at radius 3 is 2.50 bits per heavy atom. The molecule has 1 rings (SSSR count). The fourth-order valence-corrected chi connectivity index (χ4v) is 2.20. The molecule has 16 heavy (non-hydrogen) atoms. The maximum Gasteiger partial charge on any atom is 0.307 e. The van der Waals surface area contributed by atoms with Crippen LogP contribution in [-0.2, 0) is 4.79 Å². The Kier molecular flexibility index (Phi) is 4.30. The number of halogens is 1. The summed E-state index contributed by atoms with van der Waals surface area (Å²) in [5.74, 6) is -0.806. The van der Waals surface area contributed by atoms with Crippen molar-refractivity contribution in [1.29, 1.82) is 0 Å². The van der Waals surface area contributed by atoms with Gasteiger partial charge in [0.25, 0.3) is 0 Å². The molecule has 0 aliphatic carbocycles. The van der Waals surface area contributed by atoms with E-state index in [9.17, 15) is 4.79 Å². The van der Waals surface area contributed by atoms with Gasteiger partial charge in [-0.15, -0.1) is 0 Å². The Labute approximate surface area is 104 Å². The molecule has 0 fully saturated rings. The van der Waals surface area contributed by atoms with Gasteiger partial charge in [-0.3, -0.25) is 4.79 Å². The minimum absolute atomic E-state index is 0.0607. The Bertz CT molecular complexity index is 447. The molecule has 0 saturated heterocycles. The van der Waals surface area contributed by atoms with Crippen LogP contribution in [0.4, 0.5) is 0 Å². The number of rotatable bonds is 3. The van der Waals surface area contributed by atoms with Crippen LogP contribution in [0.3, 0.4) is 0 Å². The normalized spacial score (nSPS) is 11.6. The van der Waals surface area contributed by atoms with E-state index in [1.165, 1.54) is 11.1 Å². The van der Waals surface area contributed by atoms with E-state index in [1.54, 1.807) is 6.08 Å². The van der Waals surface area contributed by atoms with Crippen molar-refractivity contribution >= 4 is 27.5 Å². The molecule has 0 unspecified atom stereocenters. The first kappa shape index (κ1) is 13.0. The van der Waals surface area contributed by atoms with Gasteiger partial charge in [-0.25, -0.2) is 0 Å². The standard InChI is InChI=1S/C13H15BrO2/c1-8(4-5-13(15)16)11-6-9(2)10(3)7-12(11)14/h4,6-7H,5H2,1-3H3,(H,15,16)/b8-4+. The average molecular weight is 283 g/mol. The Hall–Kier alpha value is -1.09. The van der Waals surface area contributed by atoms with Crippen LogP contribution in [-0.4, -0.2) is 11.1 Å². The third-order valence-electron chi connectivity index (χ3n) is 2.59. The highest BCUT2D eigenvalue weighted by molar-refractivity contribution is 9.10.